The average Bonchev–Trinajstić information content (AvgIpc) is 2.83. The molecule has 0 atom stereocenters. The van der Waals surface area contributed by atoms with Crippen molar-refractivity contribution in [2.75, 3.05) is 27.2 Å². The van der Waals surface area contributed by atoms with Gasteiger partial charge in [0.15, 0.2) is 5.96 Å². The second kappa shape index (κ2) is 8.28. The summed E-state index contributed by atoms with van der Waals surface area (Å²) in [5.41, 5.74) is 1.12. The molecule has 1 heterocycles. The normalized spacial score (nSPS) is 11.6. The molecule has 0 saturated carbocycles. The SMILES string of the molecule is CN=C(NCCNC(=O)C(C)C)N(C)Cc1cnn(C)c1. The summed E-state index contributed by atoms with van der Waals surface area (Å²) < 4.78 is 1.78. The summed E-state index contributed by atoms with van der Waals surface area (Å²) in [4.78, 5) is 17.7. The highest BCUT2D eigenvalue weighted by Gasteiger charge is 2.08. The van der Waals surface area contributed by atoms with Gasteiger partial charge in [-0.1, -0.05) is 13.8 Å². The van der Waals surface area contributed by atoms with Gasteiger partial charge in [0, 0.05) is 58.5 Å². The maximum absolute atomic E-state index is 11.4. The summed E-state index contributed by atoms with van der Waals surface area (Å²) in [7, 11) is 5.61. The predicted molar refractivity (Wildman–Crippen MR) is 83.9 cm³/mol. The van der Waals surface area contributed by atoms with Crippen molar-refractivity contribution in [1.29, 1.82) is 0 Å². The van der Waals surface area contributed by atoms with Crippen LogP contribution in [-0.4, -0.2) is 53.7 Å². The molecule has 21 heavy (non-hydrogen) atoms. The summed E-state index contributed by atoms with van der Waals surface area (Å²) in [5.74, 6) is 0.866. The van der Waals surface area contributed by atoms with E-state index < -0.39 is 0 Å². The minimum absolute atomic E-state index is 0.0116. The summed E-state index contributed by atoms with van der Waals surface area (Å²) >= 11 is 0. The number of hydrogen-bond donors (Lipinski definition) is 2. The summed E-state index contributed by atoms with van der Waals surface area (Å²) in [5, 5.41) is 10.2. The largest absolute Gasteiger partial charge is 0.354 e. The van der Waals surface area contributed by atoms with Crippen molar-refractivity contribution in [3.8, 4) is 0 Å². The molecule has 7 heteroatoms. The molecule has 118 valence electrons. The van der Waals surface area contributed by atoms with Crippen LogP contribution in [0.15, 0.2) is 17.4 Å². The lowest BCUT2D eigenvalue weighted by molar-refractivity contribution is -0.123. The molecule has 2 N–H and O–H groups in total. The number of amides is 1. The molecular weight excluding hydrogens is 268 g/mol. The van der Waals surface area contributed by atoms with Gasteiger partial charge < -0.3 is 15.5 Å². The van der Waals surface area contributed by atoms with Crippen LogP contribution < -0.4 is 10.6 Å². The number of carbonyl (C=O) groups excluding carboxylic acids is 1. The monoisotopic (exact) mass is 294 g/mol. The molecule has 0 saturated heterocycles. The molecule has 0 radical (unpaired) electrons. The van der Waals surface area contributed by atoms with Crippen LogP contribution in [-0.2, 0) is 18.4 Å². The minimum atomic E-state index is 0.0116. The van der Waals surface area contributed by atoms with Gasteiger partial charge >= 0.3 is 0 Å². The van der Waals surface area contributed by atoms with Crippen LogP contribution in [0.5, 0.6) is 0 Å². The van der Waals surface area contributed by atoms with Crippen molar-refractivity contribution in [2.45, 2.75) is 20.4 Å². The quantitative estimate of drug-likeness (QED) is 0.446. The van der Waals surface area contributed by atoms with E-state index in [2.05, 4.69) is 20.7 Å². The van der Waals surface area contributed by atoms with Gasteiger partial charge in [0.1, 0.15) is 0 Å². The lowest BCUT2D eigenvalue weighted by atomic mass is 10.2. The number of carbonyl (C=O) groups is 1. The molecule has 0 aromatic carbocycles. The van der Waals surface area contributed by atoms with Crippen LogP contribution in [0.1, 0.15) is 19.4 Å². The standard InChI is InChI=1S/C14H26N6O/c1-11(2)13(21)16-6-7-17-14(15-3)19(4)9-12-8-18-20(5)10-12/h8,10-11H,6-7,9H2,1-5H3,(H,15,17)(H,16,21). The molecule has 1 aromatic heterocycles. The second-order valence-corrected chi connectivity index (χ2v) is 5.30. The van der Waals surface area contributed by atoms with Gasteiger partial charge in [0.05, 0.1) is 6.20 Å². The van der Waals surface area contributed by atoms with E-state index in [0.717, 1.165) is 18.1 Å². The van der Waals surface area contributed by atoms with Gasteiger partial charge in [-0.2, -0.15) is 5.10 Å². The molecule has 0 aliphatic rings. The van der Waals surface area contributed by atoms with E-state index in [1.54, 1.807) is 11.7 Å². The Labute approximate surface area is 126 Å². The van der Waals surface area contributed by atoms with E-state index >= 15 is 0 Å². The second-order valence-electron chi connectivity index (χ2n) is 5.30. The molecule has 1 aromatic rings. The molecular formula is C14H26N6O. The van der Waals surface area contributed by atoms with Gasteiger partial charge in [0.2, 0.25) is 5.91 Å². The number of guanidine groups is 1. The van der Waals surface area contributed by atoms with Gasteiger partial charge in [-0.05, 0) is 0 Å². The van der Waals surface area contributed by atoms with Crippen molar-refractivity contribution in [3.63, 3.8) is 0 Å². The van der Waals surface area contributed by atoms with Gasteiger partial charge in [-0.3, -0.25) is 14.5 Å². The first kappa shape index (κ1) is 17.0. The maximum Gasteiger partial charge on any atom is 0.222 e. The van der Waals surface area contributed by atoms with Crippen molar-refractivity contribution in [3.05, 3.63) is 18.0 Å². The fourth-order valence-electron chi connectivity index (χ4n) is 1.85. The number of aryl methyl sites for hydroxylation is 1. The fraction of sp³-hybridized carbons (Fsp3) is 0.643. The third-order valence-electron chi connectivity index (χ3n) is 2.98. The Morgan fingerprint density at radius 1 is 1.43 bits per heavy atom. The first-order chi connectivity index (χ1) is 9.93. The smallest absolute Gasteiger partial charge is 0.222 e. The Kier molecular flexibility index (Phi) is 6.71. The van der Waals surface area contributed by atoms with Crippen LogP contribution in [0.25, 0.3) is 0 Å². The summed E-state index contributed by atoms with van der Waals surface area (Å²) in [6, 6.07) is 0. The van der Waals surface area contributed by atoms with Crippen LogP contribution in [0, 0.1) is 5.92 Å². The third kappa shape index (κ3) is 5.85. The Balaban J connectivity index is 2.35. The van der Waals surface area contributed by atoms with Crippen molar-refractivity contribution < 1.29 is 4.79 Å². The first-order valence-electron chi connectivity index (χ1n) is 7.11. The number of rotatable bonds is 6. The minimum Gasteiger partial charge on any atom is -0.354 e. The number of aromatic nitrogens is 2. The average molecular weight is 294 g/mol. The zero-order valence-electron chi connectivity index (χ0n) is 13.6. The zero-order valence-corrected chi connectivity index (χ0v) is 13.6. The molecule has 1 amide bonds. The van der Waals surface area contributed by atoms with Crippen molar-refractivity contribution in [2.24, 2.45) is 18.0 Å². The topological polar surface area (TPSA) is 74.6 Å². The zero-order chi connectivity index (χ0) is 15.8. The third-order valence-corrected chi connectivity index (χ3v) is 2.98. The molecule has 0 aliphatic heterocycles. The predicted octanol–water partition coefficient (Wildman–Crippen LogP) is 0.200. The van der Waals surface area contributed by atoms with Gasteiger partial charge in [-0.15, -0.1) is 0 Å². The van der Waals surface area contributed by atoms with E-state index in [-0.39, 0.29) is 11.8 Å². The van der Waals surface area contributed by atoms with Gasteiger partial charge in [0.25, 0.3) is 0 Å². The van der Waals surface area contributed by atoms with Crippen LogP contribution >= 0.6 is 0 Å². The number of nitrogens with zero attached hydrogens (tertiary/aromatic N) is 4. The van der Waals surface area contributed by atoms with Crippen molar-refractivity contribution >= 4 is 11.9 Å². The number of hydrogen-bond acceptors (Lipinski definition) is 3. The highest BCUT2D eigenvalue weighted by molar-refractivity contribution is 5.80. The Morgan fingerprint density at radius 2 is 2.10 bits per heavy atom. The lowest BCUT2D eigenvalue weighted by Crippen LogP contribution is -2.42. The molecule has 7 nitrogen and oxygen atoms in total. The van der Waals surface area contributed by atoms with E-state index in [0.29, 0.717) is 13.1 Å². The Hall–Kier alpha value is -2.05. The highest BCUT2D eigenvalue weighted by Crippen LogP contribution is 2.01. The number of aliphatic imine (C=N–C) groups is 1. The first-order valence-corrected chi connectivity index (χ1v) is 7.11. The van der Waals surface area contributed by atoms with Crippen LogP contribution in [0.3, 0.4) is 0 Å². The molecule has 0 bridgehead atoms. The maximum atomic E-state index is 11.4. The van der Waals surface area contributed by atoms with Crippen LogP contribution in [0.2, 0.25) is 0 Å². The number of nitrogens with one attached hydrogen (secondary N) is 2. The summed E-state index contributed by atoms with van der Waals surface area (Å²) in [6.45, 7) is 5.71. The molecule has 0 unspecified atom stereocenters. The van der Waals surface area contributed by atoms with E-state index in [1.165, 1.54) is 0 Å². The molecule has 0 spiro atoms. The van der Waals surface area contributed by atoms with E-state index in [4.69, 9.17) is 0 Å². The van der Waals surface area contributed by atoms with Crippen LogP contribution in [0.4, 0.5) is 0 Å². The molecule has 0 fully saturated rings. The highest BCUT2D eigenvalue weighted by atomic mass is 16.1. The molecule has 1 rings (SSSR count). The lowest BCUT2D eigenvalue weighted by Gasteiger charge is -2.21. The fourth-order valence-corrected chi connectivity index (χ4v) is 1.85. The van der Waals surface area contributed by atoms with Gasteiger partial charge in [-0.25, -0.2) is 0 Å². The van der Waals surface area contributed by atoms with E-state index in [9.17, 15) is 4.79 Å². The summed E-state index contributed by atoms with van der Waals surface area (Å²) in [6.07, 6.45) is 3.82. The molecule has 0 aliphatic carbocycles. The van der Waals surface area contributed by atoms with E-state index in [1.807, 2.05) is 45.2 Å². The Morgan fingerprint density at radius 3 is 2.62 bits per heavy atom. The van der Waals surface area contributed by atoms with Crippen molar-refractivity contribution in [1.82, 2.24) is 25.3 Å². The Bertz CT molecular complexity index is 480.